The summed E-state index contributed by atoms with van der Waals surface area (Å²) in [5.41, 5.74) is 0.687. The minimum Gasteiger partial charge on any atom is -0.325 e. The summed E-state index contributed by atoms with van der Waals surface area (Å²) >= 11 is 0.769. The van der Waals surface area contributed by atoms with Crippen molar-refractivity contribution in [3.05, 3.63) is 46.1 Å². The molecule has 1 aliphatic rings. The fourth-order valence-corrected chi connectivity index (χ4v) is 2.57. The molecular formula is C14H12N4O4S. The van der Waals surface area contributed by atoms with Gasteiger partial charge in [-0.15, -0.1) is 0 Å². The lowest BCUT2D eigenvalue weighted by atomic mass is 10.1. The predicted octanol–water partition coefficient (Wildman–Crippen LogP) is 2.65. The molecule has 1 aliphatic carbocycles. The number of aromatic nitrogens is 1. The zero-order chi connectivity index (χ0) is 16.4. The van der Waals surface area contributed by atoms with Crippen molar-refractivity contribution in [1.29, 1.82) is 0 Å². The van der Waals surface area contributed by atoms with Crippen molar-refractivity contribution in [3.63, 3.8) is 0 Å². The standard InChI is InChI=1S/C14H12N4O4S/c19-12(8-5-6-8)16-10-4-2-1-3-9(10)13(20)17-14-15-7-11(23-14)18(21)22/h1-4,7-8H,5-6H2,(H,16,19)(H,15,17,20). The minimum absolute atomic E-state index is 0.0210. The van der Waals surface area contributed by atoms with E-state index in [0.29, 0.717) is 5.69 Å². The minimum atomic E-state index is -0.572. The third kappa shape index (κ3) is 3.51. The Hall–Kier alpha value is -2.81. The summed E-state index contributed by atoms with van der Waals surface area (Å²) in [6.45, 7) is 0. The van der Waals surface area contributed by atoms with Gasteiger partial charge in [-0.2, -0.15) is 0 Å². The highest BCUT2D eigenvalue weighted by Crippen LogP contribution is 2.31. The lowest BCUT2D eigenvalue weighted by molar-refractivity contribution is -0.380. The zero-order valence-corrected chi connectivity index (χ0v) is 12.6. The van der Waals surface area contributed by atoms with Crippen LogP contribution in [0.25, 0.3) is 0 Å². The molecule has 2 amide bonds. The Morgan fingerprint density at radius 1 is 1.26 bits per heavy atom. The monoisotopic (exact) mass is 332 g/mol. The fraction of sp³-hybridized carbons (Fsp3) is 0.214. The van der Waals surface area contributed by atoms with Crippen LogP contribution in [0.1, 0.15) is 23.2 Å². The molecule has 1 saturated carbocycles. The largest absolute Gasteiger partial charge is 0.345 e. The average molecular weight is 332 g/mol. The van der Waals surface area contributed by atoms with Gasteiger partial charge >= 0.3 is 5.00 Å². The van der Waals surface area contributed by atoms with Crippen molar-refractivity contribution in [3.8, 4) is 0 Å². The highest BCUT2D eigenvalue weighted by atomic mass is 32.1. The third-order valence-electron chi connectivity index (χ3n) is 3.27. The summed E-state index contributed by atoms with van der Waals surface area (Å²) in [4.78, 5) is 38.0. The molecule has 0 unspecified atom stereocenters. The van der Waals surface area contributed by atoms with Gasteiger partial charge in [0.15, 0.2) is 5.13 Å². The Morgan fingerprint density at radius 3 is 2.65 bits per heavy atom. The number of carbonyl (C=O) groups excluding carboxylic acids is 2. The van der Waals surface area contributed by atoms with E-state index in [0.717, 1.165) is 30.4 Å². The average Bonchev–Trinajstić information content (AvgIpc) is 3.27. The van der Waals surface area contributed by atoms with Crippen molar-refractivity contribution in [2.24, 2.45) is 5.92 Å². The van der Waals surface area contributed by atoms with Crippen LogP contribution in [0.4, 0.5) is 15.8 Å². The first-order valence-corrected chi connectivity index (χ1v) is 7.67. The van der Waals surface area contributed by atoms with Gasteiger partial charge in [0, 0.05) is 5.92 Å². The van der Waals surface area contributed by atoms with Crippen LogP contribution in [-0.2, 0) is 4.79 Å². The Morgan fingerprint density at radius 2 is 2.00 bits per heavy atom. The molecule has 0 aliphatic heterocycles. The van der Waals surface area contributed by atoms with Gasteiger partial charge in [-0.05, 0) is 36.3 Å². The summed E-state index contributed by atoms with van der Waals surface area (Å²) in [5.74, 6) is -0.566. The molecule has 1 heterocycles. The van der Waals surface area contributed by atoms with Crippen LogP contribution < -0.4 is 10.6 Å². The zero-order valence-electron chi connectivity index (χ0n) is 11.8. The highest BCUT2D eigenvalue weighted by Gasteiger charge is 2.30. The first kappa shape index (κ1) is 15.1. The van der Waals surface area contributed by atoms with Gasteiger partial charge in [-0.25, -0.2) is 4.98 Å². The molecule has 2 N–H and O–H groups in total. The maximum atomic E-state index is 12.3. The van der Waals surface area contributed by atoms with E-state index in [9.17, 15) is 19.7 Å². The van der Waals surface area contributed by atoms with Crippen LogP contribution in [0.3, 0.4) is 0 Å². The van der Waals surface area contributed by atoms with Gasteiger partial charge in [0.25, 0.3) is 5.91 Å². The predicted molar refractivity (Wildman–Crippen MR) is 84.5 cm³/mol. The van der Waals surface area contributed by atoms with Crippen molar-refractivity contribution in [1.82, 2.24) is 4.98 Å². The number of nitrogens with zero attached hydrogens (tertiary/aromatic N) is 2. The van der Waals surface area contributed by atoms with Crippen LogP contribution in [0.15, 0.2) is 30.5 Å². The number of nitro groups is 1. The number of para-hydroxylation sites is 1. The highest BCUT2D eigenvalue weighted by molar-refractivity contribution is 7.18. The number of thiazole rings is 1. The molecule has 0 saturated heterocycles. The smallest absolute Gasteiger partial charge is 0.325 e. The quantitative estimate of drug-likeness (QED) is 0.645. The number of hydrogen-bond donors (Lipinski definition) is 2. The third-order valence-corrected chi connectivity index (χ3v) is 4.14. The summed E-state index contributed by atoms with van der Waals surface area (Å²) in [5, 5.41) is 15.8. The number of carbonyl (C=O) groups is 2. The normalized spacial score (nSPS) is 13.4. The molecule has 0 atom stereocenters. The lowest BCUT2D eigenvalue weighted by Gasteiger charge is -2.10. The second-order valence-electron chi connectivity index (χ2n) is 5.02. The number of hydrogen-bond acceptors (Lipinski definition) is 6. The van der Waals surface area contributed by atoms with Crippen LogP contribution in [0, 0.1) is 16.0 Å². The van der Waals surface area contributed by atoms with E-state index in [-0.39, 0.29) is 27.5 Å². The Bertz CT molecular complexity index is 785. The molecule has 0 spiro atoms. The number of amides is 2. The van der Waals surface area contributed by atoms with E-state index in [4.69, 9.17) is 0 Å². The topological polar surface area (TPSA) is 114 Å². The molecule has 1 aromatic carbocycles. The van der Waals surface area contributed by atoms with E-state index in [2.05, 4.69) is 15.6 Å². The van der Waals surface area contributed by atoms with Gasteiger partial charge < -0.3 is 5.32 Å². The molecule has 118 valence electrons. The number of anilines is 2. The molecule has 9 heteroatoms. The van der Waals surface area contributed by atoms with Crippen molar-refractivity contribution in [2.75, 3.05) is 10.6 Å². The summed E-state index contributed by atoms with van der Waals surface area (Å²) in [6, 6.07) is 6.60. The molecule has 8 nitrogen and oxygen atoms in total. The van der Waals surface area contributed by atoms with Gasteiger partial charge in [-0.3, -0.25) is 25.0 Å². The molecule has 2 aromatic rings. The van der Waals surface area contributed by atoms with Crippen molar-refractivity contribution in [2.45, 2.75) is 12.8 Å². The molecule has 0 radical (unpaired) electrons. The van der Waals surface area contributed by atoms with E-state index in [1.807, 2.05) is 0 Å². The molecular weight excluding hydrogens is 320 g/mol. The molecule has 3 rings (SSSR count). The second kappa shape index (κ2) is 6.13. The number of benzene rings is 1. The van der Waals surface area contributed by atoms with E-state index in [1.165, 1.54) is 0 Å². The fourth-order valence-electron chi connectivity index (χ4n) is 1.94. The van der Waals surface area contributed by atoms with Crippen LogP contribution >= 0.6 is 11.3 Å². The Balaban J connectivity index is 1.75. The maximum Gasteiger partial charge on any atom is 0.345 e. The first-order chi connectivity index (χ1) is 11.0. The van der Waals surface area contributed by atoms with E-state index >= 15 is 0 Å². The Kier molecular flexibility index (Phi) is 4.02. The van der Waals surface area contributed by atoms with Gasteiger partial charge in [0.1, 0.15) is 6.20 Å². The second-order valence-corrected chi connectivity index (χ2v) is 6.03. The molecule has 1 fully saturated rings. The maximum absolute atomic E-state index is 12.3. The summed E-state index contributed by atoms with van der Waals surface area (Å²) in [7, 11) is 0. The lowest BCUT2D eigenvalue weighted by Crippen LogP contribution is -2.19. The van der Waals surface area contributed by atoms with Crippen molar-refractivity contribution >= 4 is 39.0 Å². The Labute approximate surface area is 134 Å². The number of nitrogens with one attached hydrogen (secondary N) is 2. The van der Waals surface area contributed by atoms with Gasteiger partial charge in [0.05, 0.1) is 16.2 Å². The van der Waals surface area contributed by atoms with E-state index < -0.39 is 10.8 Å². The van der Waals surface area contributed by atoms with Crippen LogP contribution in [-0.4, -0.2) is 21.7 Å². The van der Waals surface area contributed by atoms with Gasteiger partial charge in [-0.1, -0.05) is 12.1 Å². The first-order valence-electron chi connectivity index (χ1n) is 6.86. The van der Waals surface area contributed by atoms with Crippen LogP contribution in [0.2, 0.25) is 0 Å². The van der Waals surface area contributed by atoms with E-state index in [1.54, 1.807) is 24.3 Å². The van der Waals surface area contributed by atoms with Gasteiger partial charge in [0.2, 0.25) is 5.91 Å². The van der Waals surface area contributed by atoms with Crippen LogP contribution in [0.5, 0.6) is 0 Å². The molecule has 1 aromatic heterocycles. The summed E-state index contributed by atoms with van der Waals surface area (Å²) in [6.07, 6.45) is 2.81. The van der Waals surface area contributed by atoms with Crippen molar-refractivity contribution < 1.29 is 14.5 Å². The molecule has 0 bridgehead atoms. The summed E-state index contributed by atoms with van der Waals surface area (Å²) < 4.78 is 0. The SMILES string of the molecule is O=C(Nc1ncc([N+](=O)[O-])s1)c1ccccc1NC(=O)C1CC1. The molecule has 23 heavy (non-hydrogen) atoms. The number of rotatable bonds is 5.